The summed E-state index contributed by atoms with van der Waals surface area (Å²) in [5.74, 6) is 0. The van der Waals surface area contributed by atoms with E-state index >= 15 is 0 Å². The second-order valence-corrected chi connectivity index (χ2v) is 5.03. The Labute approximate surface area is 117 Å². The van der Waals surface area contributed by atoms with Gasteiger partial charge in [0.1, 0.15) is 0 Å². The average Bonchev–Trinajstić information content (AvgIpc) is 2.39. The van der Waals surface area contributed by atoms with Crippen molar-refractivity contribution in [3.63, 3.8) is 0 Å². The van der Waals surface area contributed by atoms with Crippen molar-refractivity contribution in [2.75, 3.05) is 0 Å². The van der Waals surface area contributed by atoms with Crippen LogP contribution in [0.1, 0.15) is 23.2 Å². The van der Waals surface area contributed by atoms with E-state index in [4.69, 9.17) is 34.7 Å². The van der Waals surface area contributed by atoms with Gasteiger partial charge in [0.05, 0.1) is 0 Å². The maximum Gasteiger partial charge on any atom is 0.0491 e. The highest BCUT2D eigenvalue weighted by molar-refractivity contribution is 6.30. The molecule has 2 aromatic rings. The van der Waals surface area contributed by atoms with Gasteiger partial charge in [-0.3, -0.25) is 0 Å². The largest absolute Gasteiger partial charge is 0.322 e. The lowest BCUT2D eigenvalue weighted by molar-refractivity contribution is 0.574. The Bertz CT molecular complexity index is 459. The molecule has 0 amide bonds. The smallest absolute Gasteiger partial charge is 0.0491 e. The monoisotopic (exact) mass is 280 g/mol. The Balaban J connectivity index is 2.20. The highest BCUT2D eigenvalue weighted by Gasteiger charge is 2.17. The van der Waals surface area contributed by atoms with Crippen molar-refractivity contribution in [2.24, 2.45) is 11.5 Å². The zero-order chi connectivity index (χ0) is 13.1. The normalized spacial score (nSPS) is 14.2. The fourth-order valence-corrected chi connectivity index (χ4v) is 2.04. The molecule has 0 fully saturated rings. The lowest BCUT2D eigenvalue weighted by atomic mass is 9.95. The minimum absolute atomic E-state index is 0.275. The minimum Gasteiger partial charge on any atom is -0.322 e. The summed E-state index contributed by atoms with van der Waals surface area (Å²) < 4.78 is 0. The molecule has 0 aliphatic carbocycles. The van der Waals surface area contributed by atoms with Crippen molar-refractivity contribution in [1.82, 2.24) is 0 Å². The minimum atomic E-state index is -0.275. The molecule has 18 heavy (non-hydrogen) atoms. The Morgan fingerprint density at radius 2 is 0.889 bits per heavy atom. The van der Waals surface area contributed by atoms with Gasteiger partial charge in [0.2, 0.25) is 0 Å². The second kappa shape index (κ2) is 5.72. The van der Waals surface area contributed by atoms with Gasteiger partial charge in [0.15, 0.2) is 0 Å². The predicted octanol–water partition coefficient (Wildman–Crippen LogP) is 3.69. The summed E-state index contributed by atoms with van der Waals surface area (Å²) >= 11 is 11.7. The molecule has 0 unspecified atom stereocenters. The Kier molecular flexibility index (Phi) is 4.25. The predicted molar refractivity (Wildman–Crippen MR) is 76.8 cm³/mol. The first-order valence-corrected chi connectivity index (χ1v) is 6.35. The lowest BCUT2D eigenvalue weighted by Crippen LogP contribution is -2.26. The van der Waals surface area contributed by atoms with E-state index in [0.717, 1.165) is 11.1 Å². The molecule has 94 valence electrons. The SMILES string of the molecule is N[C@H](c1ccc(Cl)cc1)[C@@H](N)c1ccc(Cl)cc1. The molecule has 0 heterocycles. The molecule has 2 rings (SSSR count). The van der Waals surface area contributed by atoms with Crippen molar-refractivity contribution in [3.05, 3.63) is 69.7 Å². The summed E-state index contributed by atoms with van der Waals surface area (Å²) in [6.45, 7) is 0. The molecular weight excluding hydrogens is 267 g/mol. The number of hydrogen-bond acceptors (Lipinski definition) is 2. The summed E-state index contributed by atoms with van der Waals surface area (Å²) in [5.41, 5.74) is 14.2. The van der Waals surface area contributed by atoms with Gasteiger partial charge in [-0.25, -0.2) is 0 Å². The molecule has 0 spiro atoms. The Hall–Kier alpha value is -1.06. The van der Waals surface area contributed by atoms with Crippen LogP contribution in [0.25, 0.3) is 0 Å². The van der Waals surface area contributed by atoms with Crippen molar-refractivity contribution < 1.29 is 0 Å². The molecule has 2 atom stereocenters. The molecule has 0 aromatic heterocycles. The summed E-state index contributed by atoms with van der Waals surface area (Å²) in [4.78, 5) is 0. The Morgan fingerprint density at radius 1 is 0.611 bits per heavy atom. The molecule has 0 aliphatic heterocycles. The summed E-state index contributed by atoms with van der Waals surface area (Å²) in [5, 5.41) is 1.37. The molecule has 4 N–H and O–H groups in total. The zero-order valence-corrected chi connectivity index (χ0v) is 11.2. The van der Waals surface area contributed by atoms with Crippen LogP contribution < -0.4 is 11.5 Å². The molecule has 2 nitrogen and oxygen atoms in total. The number of nitrogens with two attached hydrogens (primary N) is 2. The van der Waals surface area contributed by atoms with Crippen LogP contribution in [0.15, 0.2) is 48.5 Å². The van der Waals surface area contributed by atoms with Gasteiger partial charge in [0, 0.05) is 22.1 Å². The zero-order valence-electron chi connectivity index (χ0n) is 9.68. The fraction of sp³-hybridized carbons (Fsp3) is 0.143. The van der Waals surface area contributed by atoms with Gasteiger partial charge in [-0.15, -0.1) is 0 Å². The molecule has 0 saturated heterocycles. The van der Waals surface area contributed by atoms with Gasteiger partial charge < -0.3 is 11.5 Å². The molecule has 0 bridgehead atoms. The molecule has 0 saturated carbocycles. The van der Waals surface area contributed by atoms with Crippen LogP contribution in [0.3, 0.4) is 0 Å². The lowest BCUT2D eigenvalue weighted by Gasteiger charge is -2.20. The summed E-state index contributed by atoms with van der Waals surface area (Å²) in [6, 6.07) is 14.3. The first kappa shape index (κ1) is 13.4. The van der Waals surface area contributed by atoms with E-state index in [-0.39, 0.29) is 12.1 Å². The molecular formula is C14H14Cl2N2. The van der Waals surface area contributed by atoms with Crippen molar-refractivity contribution in [2.45, 2.75) is 12.1 Å². The average molecular weight is 281 g/mol. The van der Waals surface area contributed by atoms with Gasteiger partial charge in [-0.05, 0) is 35.4 Å². The van der Waals surface area contributed by atoms with Crippen LogP contribution in [0.5, 0.6) is 0 Å². The van der Waals surface area contributed by atoms with Gasteiger partial charge >= 0.3 is 0 Å². The summed E-state index contributed by atoms with van der Waals surface area (Å²) in [6.07, 6.45) is 0. The first-order valence-electron chi connectivity index (χ1n) is 5.60. The number of halogens is 2. The van der Waals surface area contributed by atoms with Crippen LogP contribution >= 0.6 is 23.2 Å². The highest BCUT2D eigenvalue weighted by Crippen LogP contribution is 2.26. The number of benzene rings is 2. The highest BCUT2D eigenvalue weighted by atomic mass is 35.5. The maximum absolute atomic E-state index is 6.16. The van der Waals surface area contributed by atoms with E-state index in [0.29, 0.717) is 10.0 Å². The van der Waals surface area contributed by atoms with Crippen LogP contribution in [0.4, 0.5) is 0 Å². The fourth-order valence-electron chi connectivity index (χ4n) is 1.78. The van der Waals surface area contributed by atoms with Crippen molar-refractivity contribution in [1.29, 1.82) is 0 Å². The molecule has 0 aliphatic rings. The third-order valence-electron chi connectivity index (χ3n) is 2.90. The third kappa shape index (κ3) is 3.03. The van der Waals surface area contributed by atoms with E-state index in [9.17, 15) is 0 Å². The van der Waals surface area contributed by atoms with E-state index in [2.05, 4.69) is 0 Å². The number of hydrogen-bond donors (Lipinski definition) is 2. The van der Waals surface area contributed by atoms with Gasteiger partial charge in [-0.2, -0.15) is 0 Å². The van der Waals surface area contributed by atoms with E-state index in [1.165, 1.54) is 0 Å². The van der Waals surface area contributed by atoms with Crippen LogP contribution in [0.2, 0.25) is 10.0 Å². The van der Waals surface area contributed by atoms with Gasteiger partial charge in [0.25, 0.3) is 0 Å². The molecule has 4 heteroatoms. The van der Waals surface area contributed by atoms with Gasteiger partial charge in [-0.1, -0.05) is 47.5 Å². The first-order chi connectivity index (χ1) is 8.58. The quantitative estimate of drug-likeness (QED) is 0.901. The van der Waals surface area contributed by atoms with E-state index < -0.39 is 0 Å². The summed E-state index contributed by atoms with van der Waals surface area (Å²) in [7, 11) is 0. The maximum atomic E-state index is 6.16. The van der Waals surface area contributed by atoms with E-state index in [1.54, 1.807) is 0 Å². The van der Waals surface area contributed by atoms with Crippen molar-refractivity contribution >= 4 is 23.2 Å². The molecule has 2 aromatic carbocycles. The third-order valence-corrected chi connectivity index (χ3v) is 3.40. The van der Waals surface area contributed by atoms with E-state index in [1.807, 2.05) is 48.5 Å². The standard InChI is InChI=1S/C14H14Cl2N2/c15-11-5-1-9(2-6-11)13(17)14(18)10-3-7-12(16)8-4-10/h1-8,13-14H,17-18H2/t13-,14+. The molecule has 0 radical (unpaired) electrons. The number of rotatable bonds is 3. The van der Waals surface area contributed by atoms with Crippen molar-refractivity contribution in [3.8, 4) is 0 Å². The van der Waals surface area contributed by atoms with Crippen LogP contribution in [-0.4, -0.2) is 0 Å². The second-order valence-electron chi connectivity index (χ2n) is 4.15. The van der Waals surface area contributed by atoms with Crippen LogP contribution in [-0.2, 0) is 0 Å². The van der Waals surface area contributed by atoms with Crippen LogP contribution in [0, 0.1) is 0 Å². The Morgan fingerprint density at radius 3 is 1.17 bits per heavy atom. The topological polar surface area (TPSA) is 52.0 Å².